The number of aryl methyl sites for hydroxylation is 1. The van der Waals surface area contributed by atoms with Crippen molar-refractivity contribution in [3.63, 3.8) is 0 Å². The summed E-state index contributed by atoms with van der Waals surface area (Å²) in [5.74, 6) is 0. The number of nitrogens with two attached hydrogens (primary N) is 1. The third-order valence-corrected chi connectivity index (χ3v) is 3.16. The number of fused-ring (bicyclic) bond motifs is 1. The van der Waals surface area contributed by atoms with E-state index in [0.29, 0.717) is 16.3 Å². The lowest BCUT2D eigenvalue weighted by Crippen LogP contribution is -2.42. The predicted octanol–water partition coefficient (Wildman–Crippen LogP) is 2.14. The highest BCUT2D eigenvalue weighted by Gasteiger charge is 2.37. The van der Waals surface area contributed by atoms with E-state index in [1.807, 2.05) is 0 Å². The molecule has 3 nitrogen and oxygen atoms in total. The van der Waals surface area contributed by atoms with Crippen LogP contribution < -0.4 is 5.73 Å². The van der Waals surface area contributed by atoms with E-state index in [9.17, 15) is 8.78 Å². The van der Waals surface area contributed by atoms with Crippen molar-refractivity contribution in [2.24, 2.45) is 5.73 Å². The molecule has 82 valence electrons. The Morgan fingerprint density at radius 1 is 1.60 bits per heavy atom. The van der Waals surface area contributed by atoms with E-state index in [0.717, 1.165) is 0 Å². The second kappa shape index (κ2) is 3.24. The molecule has 2 rings (SSSR count). The van der Waals surface area contributed by atoms with Crippen LogP contribution in [0.2, 0.25) is 0 Å². The Labute approximate surface area is 89.5 Å². The Morgan fingerprint density at radius 2 is 2.27 bits per heavy atom. The van der Waals surface area contributed by atoms with Crippen LogP contribution in [-0.4, -0.2) is 15.8 Å². The minimum atomic E-state index is -2.61. The van der Waals surface area contributed by atoms with Crippen molar-refractivity contribution in [3.05, 3.63) is 23.0 Å². The van der Waals surface area contributed by atoms with Crippen molar-refractivity contribution < 1.29 is 8.78 Å². The summed E-state index contributed by atoms with van der Waals surface area (Å²) < 4.78 is 27.3. The number of hydrogen-bond donors (Lipinski definition) is 1. The SMILES string of the molecule is Cc1nc2sccn2c1C(C)(N)C(F)F. The second-order valence-corrected chi connectivity index (χ2v) is 4.56. The van der Waals surface area contributed by atoms with Crippen LogP contribution in [0.1, 0.15) is 18.3 Å². The van der Waals surface area contributed by atoms with Crippen molar-refractivity contribution in [2.75, 3.05) is 0 Å². The maximum absolute atomic E-state index is 12.8. The van der Waals surface area contributed by atoms with Crippen molar-refractivity contribution in [1.82, 2.24) is 9.38 Å². The summed E-state index contributed by atoms with van der Waals surface area (Å²) in [7, 11) is 0. The summed E-state index contributed by atoms with van der Waals surface area (Å²) in [4.78, 5) is 4.88. The molecule has 0 bridgehead atoms. The Morgan fingerprint density at radius 3 is 2.87 bits per heavy atom. The molecule has 2 aromatic heterocycles. The van der Waals surface area contributed by atoms with E-state index in [-0.39, 0.29) is 0 Å². The smallest absolute Gasteiger partial charge is 0.261 e. The van der Waals surface area contributed by atoms with Crippen LogP contribution in [0.15, 0.2) is 11.6 Å². The van der Waals surface area contributed by atoms with Gasteiger partial charge in [-0.1, -0.05) is 0 Å². The van der Waals surface area contributed by atoms with Crippen molar-refractivity contribution in [1.29, 1.82) is 0 Å². The van der Waals surface area contributed by atoms with E-state index < -0.39 is 12.0 Å². The van der Waals surface area contributed by atoms with Crippen LogP contribution in [0.3, 0.4) is 0 Å². The summed E-state index contributed by atoms with van der Waals surface area (Å²) in [5.41, 5.74) is 4.93. The summed E-state index contributed by atoms with van der Waals surface area (Å²) in [6.07, 6.45) is -0.904. The van der Waals surface area contributed by atoms with Gasteiger partial charge < -0.3 is 5.73 Å². The lowest BCUT2D eigenvalue weighted by atomic mass is 9.98. The summed E-state index contributed by atoms with van der Waals surface area (Å²) in [6, 6.07) is 0. The average molecular weight is 231 g/mol. The van der Waals surface area contributed by atoms with E-state index in [1.54, 1.807) is 22.9 Å². The van der Waals surface area contributed by atoms with Gasteiger partial charge in [0.2, 0.25) is 0 Å². The van der Waals surface area contributed by atoms with Gasteiger partial charge in [-0.2, -0.15) is 0 Å². The van der Waals surface area contributed by atoms with E-state index in [2.05, 4.69) is 4.98 Å². The molecular formula is C9H11F2N3S. The molecule has 2 heterocycles. The van der Waals surface area contributed by atoms with E-state index >= 15 is 0 Å². The first-order valence-corrected chi connectivity index (χ1v) is 5.32. The van der Waals surface area contributed by atoms with Gasteiger partial charge in [0, 0.05) is 11.6 Å². The quantitative estimate of drug-likeness (QED) is 0.860. The highest BCUT2D eigenvalue weighted by Crippen LogP contribution is 2.29. The van der Waals surface area contributed by atoms with Crippen LogP contribution in [-0.2, 0) is 5.54 Å². The van der Waals surface area contributed by atoms with Gasteiger partial charge in [-0.25, -0.2) is 13.8 Å². The Bertz CT molecular complexity index is 486. The van der Waals surface area contributed by atoms with Gasteiger partial charge in [-0.05, 0) is 13.8 Å². The zero-order valence-electron chi connectivity index (χ0n) is 8.37. The van der Waals surface area contributed by atoms with Crippen LogP contribution in [0.5, 0.6) is 0 Å². The first-order valence-electron chi connectivity index (χ1n) is 4.44. The van der Waals surface area contributed by atoms with Gasteiger partial charge in [0.05, 0.1) is 11.4 Å². The highest BCUT2D eigenvalue weighted by atomic mass is 32.1. The first kappa shape index (κ1) is 10.5. The molecule has 2 N–H and O–H groups in total. The molecule has 0 amide bonds. The molecule has 0 radical (unpaired) electrons. The maximum Gasteiger partial charge on any atom is 0.261 e. The number of alkyl halides is 2. The number of hydrogen-bond acceptors (Lipinski definition) is 3. The van der Waals surface area contributed by atoms with Gasteiger partial charge in [-0.15, -0.1) is 11.3 Å². The highest BCUT2D eigenvalue weighted by molar-refractivity contribution is 7.15. The van der Waals surface area contributed by atoms with Gasteiger partial charge in [0.25, 0.3) is 6.43 Å². The molecule has 2 aromatic rings. The fourth-order valence-corrected chi connectivity index (χ4v) is 2.41. The molecule has 0 aliphatic heterocycles. The zero-order valence-corrected chi connectivity index (χ0v) is 9.18. The molecule has 15 heavy (non-hydrogen) atoms. The largest absolute Gasteiger partial charge is 0.316 e. The van der Waals surface area contributed by atoms with Crippen LogP contribution in [0.25, 0.3) is 4.96 Å². The van der Waals surface area contributed by atoms with E-state index in [4.69, 9.17) is 5.73 Å². The Hall–Kier alpha value is -1.01. The molecule has 0 spiro atoms. The molecule has 1 atom stereocenters. The summed E-state index contributed by atoms with van der Waals surface area (Å²) in [5, 5.41) is 1.80. The van der Waals surface area contributed by atoms with Crippen molar-refractivity contribution in [3.8, 4) is 0 Å². The van der Waals surface area contributed by atoms with Crippen LogP contribution in [0.4, 0.5) is 8.78 Å². The predicted molar refractivity (Wildman–Crippen MR) is 55.3 cm³/mol. The third kappa shape index (κ3) is 1.44. The molecule has 0 aromatic carbocycles. The lowest BCUT2D eigenvalue weighted by Gasteiger charge is -2.23. The molecule has 1 unspecified atom stereocenters. The van der Waals surface area contributed by atoms with Gasteiger partial charge in [-0.3, -0.25) is 4.40 Å². The number of aromatic nitrogens is 2. The molecule has 0 saturated heterocycles. The minimum Gasteiger partial charge on any atom is -0.316 e. The maximum atomic E-state index is 12.8. The average Bonchev–Trinajstić information content (AvgIpc) is 2.61. The molecule has 0 fully saturated rings. The summed E-state index contributed by atoms with van der Waals surface area (Å²) in [6.45, 7) is 3.02. The molecule has 0 aliphatic carbocycles. The standard InChI is InChI=1S/C9H11F2N3S/c1-5-6(9(2,12)7(10)11)14-3-4-15-8(14)13-5/h3-4,7H,12H2,1-2H3. The van der Waals surface area contributed by atoms with Gasteiger partial charge >= 0.3 is 0 Å². The first-order chi connectivity index (χ1) is 6.94. The zero-order chi connectivity index (χ0) is 11.2. The van der Waals surface area contributed by atoms with E-state index in [1.165, 1.54) is 18.3 Å². The fraction of sp³-hybridized carbons (Fsp3) is 0.444. The molecule has 6 heteroatoms. The Kier molecular flexibility index (Phi) is 2.27. The number of rotatable bonds is 2. The number of thiazole rings is 1. The van der Waals surface area contributed by atoms with Gasteiger partial charge in [0.1, 0.15) is 5.54 Å². The Balaban J connectivity index is 2.68. The number of halogens is 2. The second-order valence-electron chi connectivity index (χ2n) is 3.68. The minimum absolute atomic E-state index is 0.383. The van der Waals surface area contributed by atoms with Crippen molar-refractivity contribution in [2.45, 2.75) is 25.8 Å². The molecule has 0 saturated carbocycles. The number of imidazole rings is 1. The van der Waals surface area contributed by atoms with Crippen LogP contribution in [0, 0.1) is 6.92 Å². The summed E-state index contributed by atoms with van der Waals surface area (Å²) >= 11 is 1.40. The molecule has 0 aliphatic rings. The monoisotopic (exact) mass is 231 g/mol. The molecular weight excluding hydrogens is 220 g/mol. The lowest BCUT2D eigenvalue weighted by molar-refractivity contribution is 0.0593. The van der Waals surface area contributed by atoms with Gasteiger partial charge in [0.15, 0.2) is 4.96 Å². The third-order valence-electron chi connectivity index (χ3n) is 2.40. The number of nitrogens with zero attached hydrogens (tertiary/aromatic N) is 2. The van der Waals surface area contributed by atoms with Crippen LogP contribution >= 0.6 is 11.3 Å². The normalized spacial score (nSPS) is 16.1. The topological polar surface area (TPSA) is 43.3 Å². The van der Waals surface area contributed by atoms with Crippen molar-refractivity contribution >= 4 is 16.3 Å². The fourth-order valence-electron chi connectivity index (χ4n) is 1.65.